The van der Waals surface area contributed by atoms with E-state index in [1.165, 1.54) is 10.6 Å². The Morgan fingerprint density at radius 3 is 2.00 bits per heavy atom. The van der Waals surface area contributed by atoms with E-state index in [0.717, 1.165) is 30.3 Å². The van der Waals surface area contributed by atoms with Crippen LogP contribution in [0.15, 0.2) is 20.4 Å². The highest BCUT2D eigenvalue weighted by Gasteiger charge is 2.18. The molecular weight excluding hydrogens is 404 g/mol. The second-order valence-electron chi connectivity index (χ2n) is 7.12. The van der Waals surface area contributed by atoms with Crippen LogP contribution in [0.5, 0.6) is 0 Å². The molecule has 0 aromatic carbocycles. The third-order valence-electron chi connectivity index (χ3n) is 5.09. The number of nitrogens with zero attached hydrogens (tertiary/aromatic N) is 4. The van der Waals surface area contributed by atoms with Crippen molar-refractivity contribution in [2.75, 3.05) is 11.1 Å². The molecule has 10 heteroatoms. The molecule has 0 fully saturated rings. The summed E-state index contributed by atoms with van der Waals surface area (Å²) < 4.78 is 6.33. The van der Waals surface area contributed by atoms with Crippen LogP contribution in [0.3, 0.4) is 0 Å². The minimum absolute atomic E-state index is 0.0681. The molecule has 0 unspecified atom stereocenters. The van der Waals surface area contributed by atoms with E-state index in [-0.39, 0.29) is 23.6 Å². The van der Waals surface area contributed by atoms with Crippen molar-refractivity contribution in [3.05, 3.63) is 42.0 Å². The fourth-order valence-electron chi connectivity index (χ4n) is 3.32. The molecule has 2 rings (SSSR count). The molecular formula is C20H32N6O3S. The third kappa shape index (κ3) is 4.58. The topological polar surface area (TPSA) is 109 Å². The number of nitrogen functional groups attached to an aromatic ring is 1. The molecule has 0 saturated carbocycles. The number of rotatable bonds is 10. The normalized spacial score (nSPS) is 11.1. The number of anilines is 3. The highest BCUT2D eigenvalue weighted by molar-refractivity contribution is 7.71. The molecule has 0 atom stereocenters. The van der Waals surface area contributed by atoms with Crippen LogP contribution >= 0.6 is 12.2 Å². The summed E-state index contributed by atoms with van der Waals surface area (Å²) in [5.41, 5.74) is 4.81. The lowest BCUT2D eigenvalue weighted by Gasteiger charge is -2.21. The van der Waals surface area contributed by atoms with Crippen molar-refractivity contribution in [1.29, 1.82) is 0 Å². The van der Waals surface area contributed by atoms with Gasteiger partial charge in [-0.05, 0) is 38.9 Å². The van der Waals surface area contributed by atoms with Crippen LogP contribution in [0.4, 0.5) is 17.3 Å². The third-order valence-corrected chi connectivity index (χ3v) is 5.53. The van der Waals surface area contributed by atoms with E-state index >= 15 is 0 Å². The summed E-state index contributed by atoms with van der Waals surface area (Å²) in [7, 11) is 0. The van der Waals surface area contributed by atoms with Crippen molar-refractivity contribution < 1.29 is 0 Å². The Labute approximate surface area is 180 Å². The predicted molar refractivity (Wildman–Crippen MR) is 123 cm³/mol. The number of aromatic nitrogens is 4. The lowest BCUT2D eigenvalue weighted by Crippen LogP contribution is -2.41. The molecule has 0 aliphatic heterocycles. The number of unbranched alkanes of at least 4 members (excludes halogenated alkanes) is 2. The van der Waals surface area contributed by atoms with Crippen LogP contribution in [-0.2, 0) is 26.2 Å². The van der Waals surface area contributed by atoms with Crippen molar-refractivity contribution >= 4 is 29.5 Å². The van der Waals surface area contributed by atoms with Crippen LogP contribution in [-0.4, -0.2) is 18.3 Å². The highest BCUT2D eigenvalue weighted by Crippen LogP contribution is 2.20. The molecule has 0 aliphatic rings. The van der Waals surface area contributed by atoms with Gasteiger partial charge in [0, 0.05) is 32.2 Å². The number of hydrogen-bond donors (Lipinski definition) is 2. The number of nitrogens with one attached hydrogen (secondary N) is 1. The van der Waals surface area contributed by atoms with E-state index < -0.39 is 11.2 Å². The van der Waals surface area contributed by atoms with Crippen molar-refractivity contribution in [3.63, 3.8) is 0 Å². The zero-order valence-electron chi connectivity index (χ0n) is 18.2. The number of hydrogen-bond acceptors (Lipinski definition) is 6. The lowest BCUT2D eigenvalue weighted by atomic mass is 10.3. The van der Waals surface area contributed by atoms with Gasteiger partial charge in [-0.15, -0.1) is 0 Å². The summed E-state index contributed by atoms with van der Waals surface area (Å²) in [6.45, 7) is 9.33. The maximum absolute atomic E-state index is 12.7. The van der Waals surface area contributed by atoms with Gasteiger partial charge < -0.3 is 15.6 Å². The summed E-state index contributed by atoms with van der Waals surface area (Å²) in [5, 5.41) is 3.07. The van der Waals surface area contributed by atoms with Crippen molar-refractivity contribution in [1.82, 2.24) is 18.3 Å². The molecule has 0 spiro atoms. The van der Waals surface area contributed by atoms with Gasteiger partial charge in [0.1, 0.15) is 17.3 Å². The first-order chi connectivity index (χ1) is 14.3. The first-order valence-corrected chi connectivity index (χ1v) is 11.0. The van der Waals surface area contributed by atoms with Crippen molar-refractivity contribution in [2.24, 2.45) is 0 Å². The molecule has 0 aliphatic carbocycles. The van der Waals surface area contributed by atoms with E-state index in [4.69, 9.17) is 18.0 Å². The van der Waals surface area contributed by atoms with Gasteiger partial charge in [-0.3, -0.25) is 23.3 Å². The molecule has 9 nitrogen and oxygen atoms in total. The molecule has 166 valence electrons. The fraction of sp³-hybridized carbons (Fsp3) is 0.600. The first-order valence-electron chi connectivity index (χ1n) is 10.6. The highest BCUT2D eigenvalue weighted by atomic mass is 32.1. The summed E-state index contributed by atoms with van der Waals surface area (Å²) >= 11 is 5.62. The van der Waals surface area contributed by atoms with E-state index in [9.17, 15) is 14.4 Å². The largest absolute Gasteiger partial charge is 0.391 e. The Bertz CT molecular complexity index is 1130. The maximum atomic E-state index is 12.7. The zero-order valence-corrected chi connectivity index (χ0v) is 19.0. The van der Waals surface area contributed by atoms with Gasteiger partial charge in [-0.25, -0.2) is 4.79 Å². The van der Waals surface area contributed by atoms with Crippen LogP contribution in [0, 0.1) is 4.77 Å². The second-order valence-corrected chi connectivity index (χ2v) is 7.49. The minimum atomic E-state index is -0.551. The number of nitrogens with two attached hydrogens (primary N) is 1. The molecule has 0 saturated heterocycles. The van der Waals surface area contributed by atoms with Gasteiger partial charge in [0.05, 0.1) is 0 Å². The van der Waals surface area contributed by atoms with Gasteiger partial charge in [-0.2, -0.15) is 0 Å². The van der Waals surface area contributed by atoms with Crippen molar-refractivity contribution in [2.45, 2.75) is 79.6 Å². The van der Waals surface area contributed by atoms with Crippen LogP contribution < -0.4 is 27.9 Å². The fourth-order valence-corrected chi connectivity index (χ4v) is 3.69. The monoisotopic (exact) mass is 436 g/mol. The Morgan fingerprint density at radius 1 is 0.900 bits per heavy atom. The van der Waals surface area contributed by atoms with E-state index in [2.05, 4.69) is 19.2 Å². The smallest absolute Gasteiger partial charge is 0.332 e. The van der Waals surface area contributed by atoms with Gasteiger partial charge in [0.2, 0.25) is 0 Å². The average molecular weight is 437 g/mol. The second kappa shape index (κ2) is 10.4. The Hall–Kier alpha value is -2.62. The quantitative estimate of drug-likeness (QED) is 0.554. The van der Waals surface area contributed by atoms with Crippen LogP contribution in [0.2, 0.25) is 0 Å². The average Bonchev–Trinajstić information content (AvgIpc) is 2.72. The molecule has 2 heterocycles. The molecule has 3 N–H and O–H groups in total. The first kappa shape index (κ1) is 23.7. The minimum Gasteiger partial charge on any atom is -0.391 e. The van der Waals surface area contributed by atoms with Gasteiger partial charge in [-0.1, -0.05) is 26.7 Å². The molecule has 2 aromatic heterocycles. The molecule has 30 heavy (non-hydrogen) atoms. The van der Waals surface area contributed by atoms with E-state index in [1.54, 1.807) is 18.4 Å². The standard InChI is InChI=1S/C20H32N6O3S/c1-5-9-11-25-14(13-15(27)26(20(25)30)12-10-6-2)22-17-16(21)18(28)24(8-4)19(29)23(17)7-3/h13,22H,5-12,21H2,1-4H3. The summed E-state index contributed by atoms with van der Waals surface area (Å²) in [6.07, 6.45) is 3.61. The van der Waals surface area contributed by atoms with E-state index in [1.807, 2.05) is 4.57 Å². The van der Waals surface area contributed by atoms with E-state index in [0.29, 0.717) is 30.2 Å². The Kier molecular flexibility index (Phi) is 8.22. The SMILES string of the molecule is CCCCn1c(Nc2c(N)c(=O)n(CC)c(=O)n2CC)cc(=O)n(CCCC)c1=S. The molecule has 0 bridgehead atoms. The Morgan fingerprint density at radius 2 is 1.47 bits per heavy atom. The zero-order chi connectivity index (χ0) is 22.4. The van der Waals surface area contributed by atoms with Crippen molar-refractivity contribution in [3.8, 4) is 0 Å². The summed E-state index contributed by atoms with van der Waals surface area (Å²) in [5.74, 6) is 0.607. The lowest BCUT2D eigenvalue weighted by molar-refractivity contribution is 0.538. The Balaban J connectivity index is 2.71. The maximum Gasteiger partial charge on any atom is 0.332 e. The summed E-state index contributed by atoms with van der Waals surface area (Å²) in [6, 6.07) is 1.45. The predicted octanol–water partition coefficient (Wildman–Crippen LogP) is 2.67. The van der Waals surface area contributed by atoms with Gasteiger partial charge >= 0.3 is 5.69 Å². The summed E-state index contributed by atoms with van der Waals surface area (Å²) in [4.78, 5) is 38.0. The van der Waals surface area contributed by atoms with Gasteiger partial charge in [0.25, 0.3) is 11.1 Å². The molecule has 0 radical (unpaired) electrons. The van der Waals surface area contributed by atoms with Crippen LogP contribution in [0.25, 0.3) is 0 Å². The van der Waals surface area contributed by atoms with Gasteiger partial charge in [0.15, 0.2) is 4.77 Å². The van der Waals surface area contributed by atoms with Crippen LogP contribution in [0.1, 0.15) is 53.4 Å². The molecule has 2 aromatic rings. The molecule has 0 amide bonds.